The van der Waals surface area contributed by atoms with Gasteiger partial charge in [-0.05, 0) is 21.5 Å². The van der Waals surface area contributed by atoms with E-state index in [4.69, 9.17) is 0 Å². The summed E-state index contributed by atoms with van der Waals surface area (Å²) >= 11 is 3.16. The SMILES string of the molecule is O=c1c(Br)c[nH]n1Cc1ccccc1. The smallest absolute Gasteiger partial charge is 0.281 e. The van der Waals surface area contributed by atoms with Crippen LogP contribution in [0.3, 0.4) is 0 Å². The Balaban J connectivity index is 2.28. The van der Waals surface area contributed by atoms with Gasteiger partial charge in [0.25, 0.3) is 5.56 Å². The third-order valence-corrected chi connectivity index (χ3v) is 2.55. The van der Waals surface area contributed by atoms with Crippen LogP contribution in [0.5, 0.6) is 0 Å². The summed E-state index contributed by atoms with van der Waals surface area (Å²) in [5.41, 5.74) is 1.07. The van der Waals surface area contributed by atoms with Crippen LogP contribution < -0.4 is 5.56 Å². The van der Waals surface area contributed by atoms with E-state index in [-0.39, 0.29) is 5.56 Å². The zero-order valence-electron chi connectivity index (χ0n) is 7.40. The van der Waals surface area contributed by atoms with Crippen molar-refractivity contribution in [3.63, 3.8) is 0 Å². The molecule has 0 bridgehead atoms. The van der Waals surface area contributed by atoms with Crippen molar-refractivity contribution in [3.8, 4) is 0 Å². The fourth-order valence-corrected chi connectivity index (χ4v) is 1.58. The second-order valence-corrected chi connectivity index (χ2v) is 3.85. The topological polar surface area (TPSA) is 37.8 Å². The van der Waals surface area contributed by atoms with Gasteiger partial charge in [0, 0.05) is 6.20 Å². The number of nitrogens with one attached hydrogen (secondary N) is 1. The molecule has 2 aromatic rings. The first kappa shape index (κ1) is 9.27. The number of H-pyrrole nitrogens is 1. The summed E-state index contributed by atoms with van der Waals surface area (Å²) in [6, 6.07) is 9.84. The van der Waals surface area contributed by atoms with E-state index in [1.165, 1.54) is 0 Å². The highest BCUT2D eigenvalue weighted by Crippen LogP contribution is 2.03. The number of aromatic amines is 1. The van der Waals surface area contributed by atoms with E-state index in [9.17, 15) is 4.79 Å². The Morgan fingerprint density at radius 1 is 1.29 bits per heavy atom. The second kappa shape index (κ2) is 3.84. The Labute approximate surface area is 89.5 Å². The van der Waals surface area contributed by atoms with E-state index < -0.39 is 0 Å². The van der Waals surface area contributed by atoms with Gasteiger partial charge in [-0.1, -0.05) is 30.3 Å². The highest BCUT2D eigenvalue weighted by molar-refractivity contribution is 9.10. The molecule has 0 unspecified atom stereocenters. The molecule has 1 N–H and O–H groups in total. The van der Waals surface area contributed by atoms with Gasteiger partial charge in [0.15, 0.2) is 0 Å². The standard InChI is InChI=1S/C10H9BrN2O/c11-9-6-12-13(10(9)14)7-8-4-2-1-3-5-8/h1-6,12H,7H2. The van der Waals surface area contributed by atoms with Crippen LogP contribution >= 0.6 is 15.9 Å². The summed E-state index contributed by atoms with van der Waals surface area (Å²) in [5.74, 6) is 0. The van der Waals surface area contributed by atoms with Crippen LogP contribution in [0.1, 0.15) is 5.56 Å². The lowest BCUT2D eigenvalue weighted by atomic mass is 10.2. The molecule has 4 heteroatoms. The molecule has 2 rings (SSSR count). The van der Waals surface area contributed by atoms with Crippen molar-refractivity contribution in [1.82, 2.24) is 9.78 Å². The van der Waals surface area contributed by atoms with Crippen LogP contribution in [-0.4, -0.2) is 9.78 Å². The maximum absolute atomic E-state index is 11.5. The monoisotopic (exact) mass is 252 g/mol. The first-order chi connectivity index (χ1) is 6.77. The van der Waals surface area contributed by atoms with Crippen LogP contribution in [0.15, 0.2) is 45.8 Å². The van der Waals surface area contributed by atoms with Crippen LogP contribution in [0.25, 0.3) is 0 Å². The van der Waals surface area contributed by atoms with Gasteiger partial charge in [-0.2, -0.15) is 0 Å². The van der Waals surface area contributed by atoms with E-state index in [0.29, 0.717) is 11.0 Å². The molecule has 0 aliphatic carbocycles. The van der Waals surface area contributed by atoms with Crippen molar-refractivity contribution in [2.24, 2.45) is 0 Å². The first-order valence-electron chi connectivity index (χ1n) is 4.25. The van der Waals surface area contributed by atoms with Crippen molar-refractivity contribution in [1.29, 1.82) is 0 Å². The Bertz CT molecular complexity index is 472. The normalized spacial score (nSPS) is 10.4. The fraction of sp³-hybridized carbons (Fsp3) is 0.100. The third kappa shape index (κ3) is 1.80. The lowest BCUT2D eigenvalue weighted by molar-refractivity contribution is 0.663. The number of hydrogen-bond acceptors (Lipinski definition) is 1. The Morgan fingerprint density at radius 3 is 2.57 bits per heavy atom. The number of hydrogen-bond donors (Lipinski definition) is 1. The molecule has 0 saturated carbocycles. The number of aromatic nitrogens is 2. The molecule has 1 heterocycles. The molecule has 1 aromatic heterocycles. The minimum atomic E-state index is -0.0335. The van der Waals surface area contributed by atoms with Crippen LogP contribution in [0, 0.1) is 0 Å². The molecule has 0 fully saturated rings. The minimum absolute atomic E-state index is 0.0335. The average Bonchev–Trinajstić information content (AvgIpc) is 2.52. The van der Waals surface area contributed by atoms with Crippen molar-refractivity contribution in [2.45, 2.75) is 6.54 Å². The summed E-state index contributed by atoms with van der Waals surface area (Å²) in [6.45, 7) is 0.575. The molecule has 0 radical (unpaired) electrons. The summed E-state index contributed by atoms with van der Waals surface area (Å²) in [5, 5.41) is 2.88. The Hall–Kier alpha value is -1.29. The third-order valence-electron chi connectivity index (χ3n) is 1.98. The van der Waals surface area contributed by atoms with Crippen molar-refractivity contribution >= 4 is 15.9 Å². The summed E-state index contributed by atoms with van der Waals surface area (Å²) < 4.78 is 2.12. The van der Waals surface area contributed by atoms with Crippen molar-refractivity contribution in [2.75, 3.05) is 0 Å². The van der Waals surface area contributed by atoms with E-state index in [0.717, 1.165) is 5.56 Å². The molecule has 72 valence electrons. The quantitative estimate of drug-likeness (QED) is 0.873. The van der Waals surface area contributed by atoms with Gasteiger partial charge in [-0.25, -0.2) is 4.68 Å². The lowest BCUT2D eigenvalue weighted by Crippen LogP contribution is -2.17. The fourth-order valence-electron chi connectivity index (χ4n) is 1.27. The molecule has 0 amide bonds. The van der Waals surface area contributed by atoms with Gasteiger partial charge < -0.3 is 5.10 Å². The summed E-state index contributed by atoms with van der Waals surface area (Å²) in [4.78, 5) is 11.5. The maximum Gasteiger partial charge on any atom is 0.281 e. The molecule has 1 aromatic carbocycles. The molecule has 0 aliphatic heterocycles. The van der Waals surface area contributed by atoms with Gasteiger partial charge in [0.05, 0.1) is 6.54 Å². The first-order valence-corrected chi connectivity index (χ1v) is 5.04. The molecule has 0 atom stereocenters. The zero-order chi connectivity index (χ0) is 9.97. The van der Waals surface area contributed by atoms with E-state index in [1.807, 2.05) is 30.3 Å². The molecular formula is C10H9BrN2O. The predicted octanol–water partition coefficient (Wildman–Crippen LogP) is 1.99. The van der Waals surface area contributed by atoms with Gasteiger partial charge in [0.2, 0.25) is 0 Å². The number of halogens is 1. The van der Waals surface area contributed by atoms with Crippen molar-refractivity contribution in [3.05, 3.63) is 56.9 Å². The number of benzene rings is 1. The van der Waals surface area contributed by atoms with E-state index in [2.05, 4.69) is 21.0 Å². The summed E-state index contributed by atoms with van der Waals surface area (Å²) in [6.07, 6.45) is 1.64. The maximum atomic E-state index is 11.5. The van der Waals surface area contributed by atoms with Gasteiger partial charge in [-0.15, -0.1) is 0 Å². The van der Waals surface area contributed by atoms with Crippen molar-refractivity contribution < 1.29 is 0 Å². The number of rotatable bonds is 2. The lowest BCUT2D eigenvalue weighted by Gasteiger charge is -2.00. The molecule has 0 saturated heterocycles. The van der Waals surface area contributed by atoms with Gasteiger partial charge in [0.1, 0.15) is 4.47 Å². The number of nitrogens with zero attached hydrogens (tertiary/aromatic N) is 1. The second-order valence-electron chi connectivity index (χ2n) is 3.00. The van der Waals surface area contributed by atoms with Gasteiger partial charge in [-0.3, -0.25) is 4.79 Å². The van der Waals surface area contributed by atoms with Crippen LogP contribution in [0.4, 0.5) is 0 Å². The molecular weight excluding hydrogens is 244 g/mol. The van der Waals surface area contributed by atoms with Gasteiger partial charge >= 0.3 is 0 Å². The van der Waals surface area contributed by atoms with E-state index in [1.54, 1.807) is 10.9 Å². The summed E-state index contributed by atoms with van der Waals surface area (Å²) in [7, 11) is 0. The molecule has 0 spiro atoms. The highest BCUT2D eigenvalue weighted by Gasteiger charge is 2.02. The highest BCUT2D eigenvalue weighted by atomic mass is 79.9. The largest absolute Gasteiger partial charge is 0.301 e. The van der Waals surface area contributed by atoms with E-state index >= 15 is 0 Å². The Morgan fingerprint density at radius 2 is 2.00 bits per heavy atom. The average molecular weight is 253 g/mol. The molecule has 0 aliphatic rings. The minimum Gasteiger partial charge on any atom is -0.301 e. The molecule has 3 nitrogen and oxygen atoms in total. The zero-order valence-corrected chi connectivity index (χ0v) is 8.99. The Kier molecular flexibility index (Phi) is 2.54. The molecule has 14 heavy (non-hydrogen) atoms. The van der Waals surface area contributed by atoms with Crippen LogP contribution in [0.2, 0.25) is 0 Å². The predicted molar refractivity (Wildman–Crippen MR) is 58.3 cm³/mol. The van der Waals surface area contributed by atoms with Crippen LogP contribution in [-0.2, 0) is 6.54 Å².